The molecule has 8 heteroatoms. The maximum absolute atomic E-state index is 11.6. The Labute approximate surface area is 121 Å². The van der Waals surface area contributed by atoms with Gasteiger partial charge in [0, 0.05) is 37.6 Å². The Morgan fingerprint density at radius 1 is 1.22 bits per heavy atom. The Kier molecular flexibility index (Phi) is 4.91. The van der Waals surface area contributed by atoms with Crippen molar-refractivity contribution in [2.24, 2.45) is 0 Å². The van der Waals surface area contributed by atoms with E-state index in [0.717, 1.165) is 24.0 Å². The fourth-order valence-electron chi connectivity index (χ4n) is 1.89. The second-order valence-electron chi connectivity index (χ2n) is 4.10. The molecule has 2 heterocycles. The highest BCUT2D eigenvalue weighted by Crippen LogP contribution is 2.23. The third-order valence-corrected chi connectivity index (χ3v) is 6.34. The van der Waals surface area contributed by atoms with Gasteiger partial charge >= 0.3 is 0 Å². The highest BCUT2D eigenvalue weighted by atomic mass is 35.5. The number of nitrogens with zero attached hydrogens (tertiary/aromatic N) is 2. The lowest BCUT2D eigenvalue weighted by molar-refractivity contribution is 0.183. The molecule has 1 fully saturated rings. The van der Waals surface area contributed by atoms with Gasteiger partial charge in [-0.25, -0.2) is 8.42 Å². The van der Waals surface area contributed by atoms with Crippen molar-refractivity contribution in [2.75, 3.05) is 31.4 Å². The van der Waals surface area contributed by atoms with Gasteiger partial charge in [-0.15, -0.1) is 22.9 Å². The molecule has 0 atom stereocenters. The van der Waals surface area contributed by atoms with Crippen molar-refractivity contribution in [3.8, 4) is 0 Å². The summed E-state index contributed by atoms with van der Waals surface area (Å²) in [5.74, 6) is 0. The molecule has 1 aliphatic rings. The monoisotopic (exact) mass is 328 g/mol. The first-order valence-corrected chi connectivity index (χ1v) is 8.85. The summed E-state index contributed by atoms with van der Waals surface area (Å²) in [7, 11) is -3.26. The molecule has 1 aromatic heterocycles. The Hall–Kier alpha value is 0.150. The molecule has 4 nitrogen and oxygen atoms in total. The molecule has 1 saturated heterocycles. The van der Waals surface area contributed by atoms with Gasteiger partial charge in [0.05, 0.1) is 4.34 Å². The van der Waals surface area contributed by atoms with Gasteiger partial charge in [0.25, 0.3) is 0 Å². The number of rotatable bonds is 4. The highest BCUT2D eigenvalue weighted by molar-refractivity contribution is 7.90. The Morgan fingerprint density at radius 3 is 2.39 bits per heavy atom. The van der Waals surface area contributed by atoms with Gasteiger partial charge in [-0.1, -0.05) is 11.6 Å². The van der Waals surface area contributed by atoms with E-state index in [4.69, 9.17) is 23.2 Å². The summed E-state index contributed by atoms with van der Waals surface area (Å²) >= 11 is 12.9. The molecular weight excluding hydrogens is 315 g/mol. The molecule has 2 rings (SSSR count). The standard InChI is InChI=1S/C10H14Cl2N2O2S2/c11-8-18(15,16)14-5-3-13(4-6-14)7-9-1-2-10(12)17-9/h1-2H,3-8H2. The van der Waals surface area contributed by atoms with E-state index in [1.165, 1.54) is 9.18 Å². The van der Waals surface area contributed by atoms with Crippen LogP contribution in [0, 0.1) is 0 Å². The van der Waals surface area contributed by atoms with Gasteiger partial charge in [0.2, 0.25) is 10.0 Å². The van der Waals surface area contributed by atoms with E-state index < -0.39 is 10.0 Å². The fraction of sp³-hybridized carbons (Fsp3) is 0.600. The second kappa shape index (κ2) is 6.07. The molecule has 18 heavy (non-hydrogen) atoms. The van der Waals surface area contributed by atoms with Crippen LogP contribution in [0.4, 0.5) is 0 Å². The minimum absolute atomic E-state index is 0.340. The van der Waals surface area contributed by atoms with Gasteiger partial charge in [-0.05, 0) is 12.1 Å². The van der Waals surface area contributed by atoms with E-state index in [9.17, 15) is 8.42 Å². The van der Waals surface area contributed by atoms with Crippen LogP contribution in [0.1, 0.15) is 4.88 Å². The molecule has 1 aliphatic heterocycles. The third kappa shape index (κ3) is 3.59. The molecule has 1 aromatic rings. The summed E-state index contributed by atoms with van der Waals surface area (Å²) in [6.45, 7) is 3.30. The predicted octanol–water partition coefficient (Wildman–Crippen LogP) is 2.05. The minimum atomic E-state index is -3.26. The molecule has 0 bridgehead atoms. The van der Waals surface area contributed by atoms with Crippen molar-refractivity contribution in [2.45, 2.75) is 6.54 Å². The van der Waals surface area contributed by atoms with Crippen molar-refractivity contribution >= 4 is 44.6 Å². The summed E-state index contributed by atoms with van der Waals surface area (Å²) in [5.41, 5.74) is 0. The van der Waals surface area contributed by atoms with E-state index in [1.54, 1.807) is 11.3 Å². The van der Waals surface area contributed by atoms with Gasteiger partial charge in [-0.3, -0.25) is 4.90 Å². The Morgan fingerprint density at radius 2 is 1.89 bits per heavy atom. The zero-order valence-corrected chi connectivity index (χ0v) is 12.8. The number of piperazine rings is 1. The van der Waals surface area contributed by atoms with Crippen LogP contribution in [0.5, 0.6) is 0 Å². The predicted molar refractivity (Wildman–Crippen MR) is 75.8 cm³/mol. The molecule has 0 aliphatic carbocycles. The van der Waals surface area contributed by atoms with Crippen LogP contribution >= 0.6 is 34.5 Å². The van der Waals surface area contributed by atoms with Gasteiger partial charge in [-0.2, -0.15) is 4.31 Å². The fourth-order valence-corrected chi connectivity index (χ4v) is 4.29. The second-order valence-corrected chi connectivity index (χ2v) is 8.45. The van der Waals surface area contributed by atoms with Crippen molar-refractivity contribution in [3.05, 3.63) is 21.3 Å². The third-order valence-electron chi connectivity index (χ3n) is 2.87. The number of sulfonamides is 1. The van der Waals surface area contributed by atoms with Crippen LogP contribution in [0.25, 0.3) is 0 Å². The van der Waals surface area contributed by atoms with Crippen molar-refractivity contribution in [3.63, 3.8) is 0 Å². The zero-order chi connectivity index (χ0) is 13.2. The van der Waals surface area contributed by atoms with E-state index in [0.29, 0.717) is 13.1 Å². The largest absolute Gasteiger partial charge is 0.296 e. The van der Waals surface area contributed by atoms with E-state index in [2.05, 4.69) is 4.90 Å². The summed E-state index contributed by atoms with van der Waals surface area (Å²) in [6, 6.07) is 3.89. The maximum atomic E-state index is 11.6. The van der Waals surface area contributed by atoms with E-state index in [-0.39, 0.29) is 5.21 Å². The zero-order valence-electron chi connectivity index (χ0n) is 9.68. The Bertz CT molecular complexity index is 496. The normalized spacial score (nSPS) is 19.2. The molecule has 102 valence electrons. The summed E-state index contributed by atoms with van der Waals surface area (Å²) in [5, 5.41) is -0.340. The molecule has 0 radical (unpaired) electrons. The molecular formula is C10H14Cl2N2O2S2. The first-order chi connectivity index (χ1) is 8.51. The van der Waals surface area contributed by atoms with E-state index >= 15 is 0 Å². The minimum Gasteiger partial charge on any atom is -0.296 e. The van der Waals surface area contributed by atoms with E-state index in [1.807, 2.05) is 12.1 Å². The average Bonchev–Trinajstić information content (AvgIpc) is 2.75. The first-order valence-electron chi connectivity index (χ1n) is 5.51. The molecule has 0 saturated carbocycles. The number of hydrogen-bond donors (Lipinski definition) is 0. The lowest BCUT2D eigenvalue weighted by Crippen LogP contribution is -2.48. The number of alkyl halides is 1. The average molecular weight is 329 g/mol. The summed E-state index contributed by atoms with van der Waals surface area (Å²) in [4.78, 5) is 3.43. The van der Waals surface area contributed by atoms with Crippen LogP contribution in [0.2, 0.25) is 4.34 Å². The Balaban J connectivity index is 1.87. The lowest BCUT2D eigenvalue weighted by Gasteiger charge is -2.33. The number of halogens is 2. The topological polar surface area (TPSA) is 40.6 Å². The summed E-state index contributed by atoms with van der Waals surface area (Å²) < 4.78 is 25.4. The van der Waals surface area contributed by atoms with Crippen LogP contribution in [-0.2, 0) is 16.6 Å². The van der Waals surface area contributed by atoms with Gasteiger partial charge in [0.1, 0.15) is 5.21 Å². The van der Waals surface area contributed by atoms with Crippen LogP contribution in [0.3, 0.4) is 0 Å². The first kappa shape index (κ1) is 14.6. The van der Waals surface area contributed by atoms with Crippen LogP contribution in [-0.4, -0.2) is 49.0 Å². The van der Waals surface area contributed by atoms with Crippen molar-refractivity contribution in [1.29, 1.82) is 0 Å². The molecule has 0 aromatic carbocycles. The number of hydrogen-bond acceptors (Lipinski definition) is 4. The quantitative estimate of drug-likeness (QED) is 0.794. The SMILES string of the molecule is O=S(=O)(CCl)N1CCN(Cc2ccc(Cl)s2)CC1. The van der Waals surface area contributed by atoms with Crippen LogP contribution < -0.4 is 0 Å². The maximum Gasteiger partial charge on any atom is 0.228 e. The summed E-state index contributed by atoms with van der Waals surface area (Å²) in [6.07, 6.45) is 0. The number of thiophene rings is 1. The smallest absolute Gasteiger partial charge is 0.228 e. The molecule has 0 unspecified atom stereocenters. The van der Waals surface area contributed by atoms with Gasteiger partial charge < -0.3 is 0 Å². The molecule has 0 amide bonds. The highest BCUT2D eigenvalue weighted by Gasteiger charge is 2.26. The van der Waals surface area contributed by atoms with Crippen molar-refractivity contribution < 1.29 is 8.42 Å². The molecule has 0 N–H and O–H groups in total. The van der Waals surface area contributed by atoms with Gasteiger partial charge in [0.15, 0.2) is 0 Å². The lowest BCUT2D eigenvalue weighted by atomic mass is 10.3. The van der Waals surface area contributed by atoms with Crippen LogP contribution in [0.15, 0.2) is 12.1 Å². The molecule has 0 spiro atoms. The van der Waals surface area contributed by atoms with Crippen molar-refractivity contribution in [1.82, 2.24) is 9.21 Å².